The average molecular weight is 210 g/mol. The summed E-state index contributed by atoms with van der Waals surface area (Å²) >= 11 is 6.11. The first kappa shape index (κ1) is 10.0. The second-order valence-electron chi connectivity index (χ2n) is 4.00. The topological polar surface area (TPSA) is 12.0 Å². The molecule has 14 heavy (non-hydrogen) atoms. The van der Waals surface area contributed by atoms with Gasteiger partial charge in [-0.3, -0.25) is 0 Å². The molecular formula is C12H16ClN. The van der Waals surface area contributed by atoms with Crippen molar-refractivity contribution in [1.29, 1.82) is 0 Å². The van der Waals surface area contributed by atoms with Gasteiger partial charge in [0.2, 0.25) is 0 Å². The van der Waals surface area contributed by atoms with Gasteiger partial charge in [0.05, 0.1) is 0 Å². The first-order valence-electron chi connectivity index (χ1n) is 5.25. The molecule has 0 saturated carbocycles. The molecule has 1 aliphatic heterocycles. The van der Waals surface area contributed by atoms with Gasteiger partial charge in [0.1, 0.15) is 0 Å². The zero-order valence-corrected chi connectivity index (χ0v) is 9.27. The molecule has 1 unspecified atom stereocenters. The second kappa shape index (κ2) is 4.33. The zero-order valence-electron chi connectivity index (χ0n) is 8.52. The Bertz CT molecular complexity index is 316. The second-order valence-corrected chi connectivity index (χ2v) is 4.40. The maximum absolute atomic E-state index is 6.11. The van der Waals surface area contributed by atoms with E-state index in [2.05, 4.69) is 24.4 Å². The summed E-state index contributed by atoms with van der Waals surface area (Å²) in [6.07, 6.45) is 2.56. The average Bonchev–Trinajstić information content (AvgIpc) is 2.23. The Morgan fingerprint density at radius 1 is 1.43 bits per heavy atom. The van der Waals surface area contributed by atoms with Crippen LogP contribution in [-0.2, 0) is 0 Å². The van der Waals surface area contributed by atoms with Crippen molar-refractivity contribution in [2.75, 3.05) is 13.1 Å². The van der Waals surface area contributed by atoms with Crippen LogP contribution in [0.15, 0.2) is 18.2 Å². The highest BCUT2D eigenvalue weighted by Crippen LogP contribution is 2.29. The van der Waals surface area contributed by atoms with Crippen LogP contribution in [0, 0.1) is 6.92 Å². The van der Waals surface area contributed by atoms with Crippen molar-refractivity contribution < 1.29 is 0 Å². The summed E-state index contributed by atoms with van der Waals surface area (Å²) < 4.78 is 0. The van der Waals surface area contributed by atoms with Gasteiger partial charge in [0, 0.05) is 11.6 Å². The number of nitrogens with one attached hydrogen (secondary N) is 1. The molecule has 1 nitrogen and oxygen atoms in total. The van der Waals surface area contributed by atoms with Crippen LogP contribution in [0.5, 0.6) is 0 Å². The first-order chi connectivity index (χ1) is 6.79. The third kappa shape index (κ3) is 1.94. The Morgan fingerprint density at radius 3 is 3.00 bits per heavy atom. The van der Waals surface area contributed by atoms with E-state index in [0.717, 1.165) is 18.1 Å². The highest BCUT2D eigenvalue weighted by Gasteiger charge is 2.17. The van der Waals surface area contributed by atoms with Crippen LogP contribution < -0.4 is 5.32 Å². The van der Waals surface area contributed by atoms with E-state index < -0.39 is 0 Å². The summed E-state index contributed by atoms with van der Waals surface area (Å²) in [7, 11) is 0. The molecule has 0 bridgehead atoms. The van der Waals surface area contributed by atoms with Crippen molar-refractivity contribution in [3.05, 3.63) is 34.3 Å². The van der Waals surface area contributed by atoms with Crippen LogP contribution in [0.1, 0.15) is 29.9 Å². The van der Waals surface area contributed by atoms with Gasteiger partial charge in [-0.25, -0.2) is 0 Å². The van der Waals surface area contributed by atoms with Crippen molar-refractivity contribution in [2.24, 2.45) is 0 Å². The lowest BCUT2D eigenvalue weighted by atomic mass is 9.89. The fraction of sp³-hybridized carbons (Fsp3) is 0.500. The van der Waals surface area contributed by atoms with Crippen molar-refractivity contribution >= 4 is 11.6 Å². The van der Waals surface area contributed by atoms with Gasteiger partial charge in [0.25, 0.3) is 0 Å². The Hall–Kier alpha value is -0.530. The Morgan fingerprint density at radius 2 is 2.29 bits per heavy atom. The smallest absolute Gasteiger partial charge is 0.0438 e. The molecule has 1 aliphatic rings. The number of hydrogen-bond acceptors (Lipinski definition) is 1. The van der Waals surface area contributed by atoms with Gasteiger partial charge in [-0.05, 0) is 49.4 Å². The van der Waals surface area contributed by atoms with E-state index in [1.54, 1.807) is 0 Å². The van der Waals surface area contributed by atoms with Crippen LogP contribution in [-0.4, -0.2) is 13.1 Å². The predicted molar refractivity (Wildman–Crippen MR) is 61.0 cm³/mol. The minimum Gasteiger partial charge on any atom is -0.316 e. The van der Waals surface area contributed by atoms with Gasteiger partial charge in [0.15, 0.2) is 0 Å². The third-order valence-corrected chi connectivity index (χ3v) is 3.46. The van der Waals surface area contributed by atoms with E-state index in [1.807, 2.05) is 6.07 Å². The molecule has 2 heteroatoms. The fourth-order valence-corrected chi connectivity index (χ4v) is 2.37. The molecule has 1 aromatic rings. The number of hydrogen-bond donors (Lipinski definition) is 1. The van der Waals surface area contributed by atoms with Crippen molar-refractivity contribution in [2.45, 2.75) is 25.7 Å². The van der Waals surface area contributed by atoms with Gasteiger partial charge in [-0.1, -0.05) is 23.7 Å². The van der Waals surface area contributed by atoms with E-state index in [0.29, 0.717) is 5.92 Å². The van der Waals surface area contributed by atoms with Crippen molar-refractivity contribution in [3.63, 3.8) is 0 Å². The molecule has 2 rings (SSSR count). The minimum atomic E-state index is 0.655. The van der Waals surface area contributed by atoms with Gasteiger partial charge in [-0.2, -0.15) is 0 Å². The predicted octanol–water partition coefficient (Wildman–Crippen LogP) is 3.12. The molecule has 1 N–H and O–H groups in total. The van der Waals surface area contributed by atoms with Crippen molar-refractivity contribution in [1.82, 2.24) is 5.32 Å². The largest absolute Gasteiger partial charge is 0.316 e. The van der Waals surface area contributed by atoms with Gasteiger partial charge in [-0.15, -0.1) is 0 Å². The van der Waals surface area contributed by atoms with E-state index in [9.17, 15) is 0 Å². The van der Waals surface area contributed by atoms with Crippen LogP contribution in [0.4, 0.5) is 0 Å². The quantitative estimate of drug-likeness (QED) is 0.750. The Balaban J connectivity index is 2.26. The molecule has 76 valence electrons. The number of rotatable bonds is 1. The summed E-state index contributed by atoms with van der Waals surface area (Å²) in [5, 5.41) is 4.33. The summed E-state index contributed by atoms with van der Waals surface area (Å²) in [5.41, 5.74) is 2.67. The molecule has 0 aromatic heterocycles. The van der Waals surface area contributed by atoms with E-state index >= 15 is 0 Å². The normalized spacial score (nSPS) is 22.3. The Labute approximate surface area is 90.5 Å². The SMILES string of the molecule is Cc1c(Cl)cccc1C1CCCNC1. The zero-order chi connectivity index (χ0) is 9.97. The molecule has 0 radical (unpaired) electrons. The number of piperidine rings is 1. The molecule has 1 saturated heterocycles. The molecule has 0 spiro atoms. The molecule has 1 heterocycles. The molecule has 0 amide bonds. The van der Waals surface area contributed by atoms with Crippen LogP contribution in [0.25, 0.3) is 0 Å². The first-order valence-corrected chi connectivity index (χ1v) is 5.62. The number of halogens is 1. The van der Waals surface area contributed by atoms with Crippen LogP contribution in [0.2, 0.25) is 5.02 Å². The lowest BCUT2D eigenvalue weighted by Gasteiger charge is -2.24. The van der Waals surface area contributed by atoms with Gasteiger partial charge >= 0.3 is 0 Å². The van der Waals surface area contributed by atoms with Crippen LogP contribution in [0.3, 0.4) is 0 Å². The van der Waals surface area contributed by atoms with E-state index in [4.69, 9.17) is 11.6 Å². The Kier molecular flexibility index (Phi) is 3.09. The maximum Gasteiger partial charge on any atom is 0.0438 e. The molecule has 0 aliphatic carbocycles. The summed E-state index contributed by atoms with van der Waals surface area (Å²) in [4.78, 5) is 0. The van der Waals surface area contributed by atoms with Crippen molar-refractivity contribution in [3.8, 4) is 0 Å². The summed E-state index contributed by atoms with van der Waals surface area (Å²) in [5.74, 6) is 0.655. The summed E-state index contributed by atoms with van der Waals surface area (Å²) in [6.45, 7) is 4.38. The molecule has 1 fully saturated rings. The number of benzene rings is 1. The standard InChI is InChI=1S/C12H16ClN/c1-9-11(5-2-6-12(9)13)10-4-3-7-14-8-10/h2,5-6,10,14H,3-4,7-8H2,1H3. The third-order valence-electron chi connectivity index (χ3n) is 3.05. The van der Waals surface area contributed by atoms with E-state index in [1.165, 1.54) is 24.0 Å². The lowest BCUT2D eigenvalue weighted by molar-refractivity contribution is 0.460. The van der Waals surface area contributed by atoms with E-state index in [-0.39, 0.29) is 0 Å². The highest BCUT2D eigenvalue weighted by molar-refractivity contribution is 6.31. The summed E-state index contributed by atoms with van der Waals surface area (Å²) in [6, 6.07) is 6.23. The van der Waals surface area contributed by atoms with Gasteiger partial charge < -0.3 is 5.32 Å². The maximum atomic E-state index is 6.11. The molecule has 1 aromatic carbocycles. The highest BCUT2D eigenvalue weighted by atomic mass is 35.5. The van der Waals surface area contributed by atoms with Crippen LogP contribution >= 0.6 is 11.6 Å². The minimum absolute atomic E-state index is 0.655. The lowest BCUT2D eigenvalue weighted by Crippen LogP contribution is -2.28. The molecular weight excluding hydrogens is 194 g/mol. The fourth-order valence-electron chi connectivity index (χ4n) is 2.18. The molecule has 1 atom stereocenters. The monoisotopic (exact) mass is 209 g/mol.